The second-order valence-electron chi connectivity index (χ2n) is 8.53. The van der Waals surface area contributed by atoms with E-state index in [2.05, 4.69) is 24.4 Å². The lowest BCUT2D eigenvalue weighted by atomic mass is 9.94. The van der Waals surface area contributed by atoms with E-state index < -0.39 is 0 Å². The highest BCUT2D eigenvalue weighted by Gasteiger charge is 2.23. The third-order valence-corrected chi connectivity index (χ3v) is 6.41. The van der Waals surface area contributed by atoms with Crippen molar-refractivity contribution in [3.8, 4) is 17.3 Å². The number of aryl methyl sites for hydroxylation is 1. The highest BCUT2D eigenvalue weighted by Crippen LogP contribution is 2.32. The van der Waals surface area contributed by atoms with Gasteiger partial charge in [-0.05, 0) is 80.9 Å². The van der Waals surface area contributed by atoms with Crippen molar-refractivity contribution < 1.29 is 4.39 Å². The van der Waals surface area contributed by atoms with Crippen molar-refractivity contribution in [2.24, 2.45) is 0 Å². The zero-order valence-electron chi connectivity index (χ0n) is 19.3. The SMILES string of the molecule is CCc1nc2ccc(C3CCNCC3)nn2c1N(C)c1nc(-c2ccc(F)cc2)ccc1C#N. The van der Waals surface area contributed by atoms with Crippen molar-refractivity contribution >= 4 is 17.3 Å². The van der Waals surface area contributed by atoms with Crippen LogP contribution in [0.5, 0.6) is 0 Å². The van der Waals surface area contributed by atoms with E-state index in [0.29, 0.717) is 29.4 Å². The molecule has 172 valence electrons. The third kappa shape index (κ3) is 3.99. The van der Waals surface area contributed by atoms with Gasteiger partial charge in [0.2, 0.25) is 0 Å². The molecule has 0 radical (unpaired) electrons. The number of aromatic nitrogens is 4. The van der Waals surface area contributed by atoms with E-state index in [4.69, 9.17) is 15.1 Å². The number of nitrogens with zero attached hydrogens (tertiary/aromatic N) is 6. The van der Waals surface area contributed by atoms with E-state index in [-0.39, 0.29) is 5.82 Å². The predicted molar refractivity (Wildman–Crippen MR) is 130 cm³/mol. The topological polar surface area (TPSA) is 82.1 Å². The van der Waals surface area contributed by atoms with Crippen LogP contribution in [0.4, 0.5) is 16.0 Å². The van der Waals surface area contributed by atoms with Gasteiger partial charge in [0.1, 0.15) is 11.9 Å². The Morgan fingerprint density at radius 2 is 1.85 bits per heavy atom. The van der Waals surface area contributed by atoms with Gasteiger partial charge in [-0.2, -0.15) is 14.9 Å². The molecule has 34 heavy (non-hydrogen) atoms. The number of anilines is 2. The highest BCUT2D eigenvalue weighted by atomic mass is 19.1. The van der Waals surface area contributed by atoms with Gasteiger partial charge in [-0.15, -0.1) is 0 Å². The Balaban J connectivity index is 1.62. The normalized spacial score (nSPS) is 14.3. The van der Waals surface area contributed by atoms with Crippen molar-refractivity contribution in [1.82, 2.24) is 24.9 Å². The molecule has 4 heterocycles. The molecular formula is C26H26FN7. The number of nitriles is 1. The fraction of sp³-hybridized carbons (Fsp3) is 0.308. The first-order valence-corrected chi connectivity index (χ1v) is 11.6. The minimum atomic E-state index is -0.302. The lowest BCUT2D eigenvalue weighted by molar-refractivity contribution is 0.449. The Kier molecular flexibility index (Phi) is 5.95. The molecule has 4 aromatic rings. The molecule has 7 nitrogen and oxygen atoms in total. The first-order chi connectivity index (χ1) is 16.6. The van der Waals surface area contributed by atoms with Crippen LogP contribution in [0.2, 0.25) is 0 Å². The number of pyridine rings is 1. The van der Waals surface area contributed by atoms with Crippen LogP contribution in [0.15, 0.2) is 48.5 Å². The number of nitrogens with one attached hydrogen (secondary N) is 1. The van der Waals surface area contributed by atoms with E-state index in [0.717, 1.165) is 54.3 Å². The molecule has 5 rings (SSSR count). The average molecular weight is 456 g/mol. The van der Waals surface area contributed by atoms with Crippen LogP contribution in [0.3, 0.4) is 0 Å². The predicted octanol–water partition coefficient (Wildman–Crippen LogP) is 4.60. The van der Waals surface area contributed by atoms with E-state index in [1.165, 1.54) is 12.1 Å². The molecule has 3 aromatic heterocycles. The molecule has 1 saturated heterocycles. The minimum Gasteiger partial charge on any atom is -0.317 e. The van der Waals surface area contributed by atoms with Crippen LogP contribution < -0.4 is 10.2 Å². The first-order valence-electron chi connectivity index (χ1n) is 11.6. The largest absolute Gasteiger partial charge is 0.317 e. The standard InChI is InChI=1S/C26H26FN7/c1-3-21-26(34-24(30-21)11-10-23(32-34)18-12-14-29-15-13-18)33(2)25-19(16-28)6-9-22(31-25)17-4-7-20(27)8-5-17/h4-11,18,29H,3,12-15H2,1-2H3. The quantitative estimate of drug-likeness (QED) is 0.474. The fourth-order valence-corrected chi connectivity index (χ4v) is 4.56. The monoisotopic (exact) mass is 455 g/mol. The van der Waals surface area contributed by atoms with Gasteiger partial charge >= 0.3 is 0 Å². The maximum atomic E-state index is 13.4. The van der Waals surface area contributed by atoms with Gasteiger partial charge in [0.25, 0.3) is 0 Å². The molecule has 0 amide bonds. The maximum Gasteiger partial charge on any atom is 0.159 e. The summed E-state index contributed by atoms with van der Waals surface area (Å²) >= 11 is 0. The minimum absolute atomic E-state index is 0.302. The van der Waals surface area contributed by atoms with Gasteiger partial charge in [-0.25, -0.2) is 14.4 Å². The Bertz CT molecular complexity index is 1360. The number of fused-ring (bicyclic) bond motifs is 1. The Hall–Kier alpha value is -3.83. The van der Waals surface area contributed by atoms with Crippen LogP contribution in [0.1, 0.15) is 42.6 Å². The van der Waals surface area contributed by atoms with Gasteiger partial charge < -0.3 is 10.2 Å². The number of hydrogen-bond acceptors (Lipinski definition) is 6. The molecule has 1 fully saturated rings. The summed E-state index contributed by atoms with van der Waals surface area (Å²) in [5.41, 5.74) is 4.59. The molecule has 0 spiro atoms. The molecule has 8 heteroatoms. The molecule has 0 unspecified atom stereocenters. The summed E-state index contributed by atoms with van der Waals surface area (Å²) in [5, 5.41) is 18.2. The van der Waals surface area contributed by atoms with Gasteiger partial charge in [-0.1, -0.05) is 6.92 Å². The molecular weight excluding hydrogens is 429 g/mol. The molecule has 0 atom stereocenters. The molecule has 0 aliphatic carbocycles. The summed E-state index contributed by atoms with van der Waals surface area (Å²) in [7, 11) is 1.89. The Morgan fingerprint density at radius 3 is 2.56 bits per heavy atom. The van der Waals surface area contributed by atoms with E-state index in [9.17, 15) is 9.65 Å². The number of piperidine rings is 1. The van der Waals surface area contributed by atoms with Crippen LogP contribution in [-0.4, -0.2) is 39.7 Å². The first kappa shape index (κ1) is 22.0. The van der Waals surface area contributed by atoms with E-state index in [1.54, 1.807) is 24.3 Å². The summed E-state index contributed by atoms with van der Waals surface area (Å²) in [4.78, 5) is 11.5. The van der Waals surface area contributed by atoms with Crippen molar-refractivity contribution in [2.45, 2.75) is 32.1 Å². The van der Waals surface area contributed by atoms with Crippen molar-refractivity contribution in [2.75, 3.05) is 25.0 Å². The molecule has 1 aliphatic rings. The number of imidazole rings is 1. The van der Waals surface area contributed by atoms with Gasteiger partial charge in [0.15, 0.2) is 17.3 Å². The molecule has 1 aliphatic heterocycles. The second kappa shape index (κ2) is 9.20. The fourth-order valence-electron chi connectivity index (χ4n) is 4.56. The van der Waals surface area contributed by atoms with Crippen LogP contribution >= 0.6 is 0 Å². The lowest BCUT2D eigenvalue weighted by Gasteiger charge is -2.23. The van der Waals surface area contributed by atoms with Gasteiger partial charge in [0, 0.05) is 18.5 Å². The summed E-state index contributed by atoms with van der Waals surface area (Å²) < 4.78 is 15.3. The Labute approximate surface area is 197 Å². The van der Waals surface area contributed by atoms with Crippen molar-refractivity contribution in [1.29, 1.82) is 5.26 Å². The number of hydrogen-bond donors (Lipinski definition) is 1. The summed E-state index contributed by atoms with van der Waals surface area (Å²) in [6.07, 6.45) is 2.82. The summed E-state index contributed by atoms with van der Waals surface area (Å²) in [6, 6.07) is 16.1. The van der Waals surface area contributed by atoms with E-state index in [1.807, 2.05) is 22.5 Å². The van der Waals surface area contributed by atoms with Crippen molar-refractivity contribution in [3.63, 3.8) is 0 Å². The van der Waals surface area contributed by atoms with Crippen LogP contribution in [-0.2, 0) is 6.42 Å². The smallest absolute Gasteiger partial charge is 0.159 e. The number of halogens is 1. The summed E-state index contributed by atoms with van der Waals surface area (Å²) in [6.45, 7) is 4.04. The van der Waals surface area contributed by atoms with Gasteiger partial charge in [0.05, 0.1) is 22.6 Å². The third-order valence-electron chi connectivity index (χ3n) is 6.41. The molecule has 0 saturated carbocycles. The number of benzene rings is 1. The molecule has 0 bridgehead atoms. The van der Waals surface area contributed by atoms with Crippen LogP contribution in [0, 0.1) is 17.1 Å². The second-order valence-corrected chi connectivity index (χ2v) is 8.53. The summed E-state index contributed by atoms with van der Waals surface area (Å²) in [5.74, 6) is 1.41. The maximum absolute atomic E-state index is 13.4. The highest BCUT2D eigenvalue weighted by molar-refractivity contribution is 5.71. The molecule has 1 aromatic carbocycles. The van der Waals surface area contributed by atoms with Crippen LogP contribution in [0.25, 0.3) is 16.9 Å². The average Bonchev–Trinajstić information content (AvgIpc) is 3.26. The molecule has 1 N–H and O–H groups in total. The zero-order valence-corrected chi connectivity index (χ0v) is 19.3. The number of rotatable bonds is 5. The lowest BCUT2D eigenvalue weighted by Crippen LogP contribution is -2.27. The van der Waals surface area contributed by atoms with Gasteiger partial charge in [-0.3, -0.25) is 0 Å². The van der Waals surface area contributed by atoms with Crippen molar-refractivity contribution in [3.05, 3.63) is 71.3 Å². The van der Waals surface area contributed by atoms with E-state index >= 15 is 0 Å². The Morgan fingerprint density at radius 1 is 1.09 bits per heavy atom. The zero-order chi connectivity index (χ0) is 23.7.